The first-order valence-corrected chi connectivity index (χ1v) is 8.40. The molecule has 1 amide bonds. The monoisotopic (exact) mass is 349 g/mol. The first-order valence-electron chi connectivity index (χ1n) is 8.40. The van der Waals surface area contributed by atoms with E-state index in [4.69, 9.17) is 9.15 Å². The van der Waals surface area contributed by atoms with Crippen molar-refractivity contribution in [2.75, 3.05) is 5.32 Å². The number of hydrogen-bond donors (Lipinski definition) is 2. The van der Waals surface area contributed by atoms with Crippen LogP contribution in [0.15, 0.2) is 59.0 Å². The van der Waals surface area contributed by atoms with Crippen molar-refractivity contribution in [1.29, 1.82) is 0 Å². The molecular formula is C20H15NO5. The molecule has 0 spiro atoms. The largest absolute Gasteiger partial charge is 0.481 e. The molecule has 130 valence electrons. The number of carbonyl (C=O) groups is 2. The van der Waals surface area contributed by atoms with Gasteiger partial charge in [0, 0.05) is 22.5 Å². The van der Waals surface area contributed by atoms with Gasteiger partial charge in [0.25, 0.3) is 0 Å². The molecule has 0 unspecified atom stereocenters. The van der Waals surface area contributed by atoms with Crippen LogP contribution < -0.4 is 5.32 Å². The van der Waals surface area contributed by atoms with Crippen molar-refractivity contribution in [3.05, 3.63) is 54.6 Å². The van der Waals surface area contributed by atoms with Gasteiger partial charge in [-0.15, -0.1) is 0 Å². The van der Waals surface area contributed by atoms with Crippen molar-refractivity contribution in [2.24, 2.45) is 11.8 Å². The second kappa shape index (κ2) is 5.44. The second-order valence-electron chi connectivity index (χ2n) is 6.64. The maximum Gasteiger partial charge on any atom is 0.310 e. The van der Waals surface area contributed by atoms with Gasteiger partial charge in [-0.1, -0.05) is 30.4 Å². The number of amides is 1. The van der Waals surface area contributed by atoms with Crippen molar-refractivity contribution in [2.45, 2.75) is 12.2 Å². The predicted molar refractivity (Wildman–Crippen MR) is 94.8 cm³/mol. The highest BCUT2D eigenvalue weighted by Crippen LogP contribution is 2.40. The minimum Gasteiger partial charge on any atom is -0.481 e. The average Bonchev–Trinajstić information content (AvgIpc) is 3.33. The van der Waals surface area contributed by atoms with E-state index in [0.717, 1.165) is 16.4 Å². The van der Waals surface area contributed by atoms with Crippen LogP contribution in [-0.2, 0) is 14.3 Å². The van der Waals surface area contributed by atoms with Crippen molar-refractivity contribution in [1.82, 2.24) is 0 Å². The van der Waals surface area contributed by atoms with Crippen LogP contribution in [0.5, 0.6) is 0 Å². The summed E-state index contributed by atoms with van der Waals surface area (Å²) in [5, 5.41) is 14.2. The van der Waals surface area contributed by atoms with Gasteiger partial charge in [-0.25, -0.2) is 0 Å². The Hall–Kier alpha value is -3.12. The van der Waals surface area contributed by atoms with Gasteiger partial charge in [0.05, 0.1) is 18.1 Å². The van der Waals surface area contributed by atoms with Crippen LogP contribution in [0.25, 0.3) is 21.9 Å². The molecule has 0 radical (unpaired) electrons. The number of furan rings is 1. The van der Waals surface area contributed by atoms with E-state index in [9.17, 15) is 14.7 Å². The Morgan fingerprint density at radius 2 is 1.65 bits per heavy atom. The highest BCUT2D eigenvalue weighted by atomic mass is 16.5. The van der Waals surface area contributed by atoms with Crippen molar-refractivity contribution in [3.8, 4) is 0 Å². The summed E-state index contributed by atoms with van der Waals surface area (Å²) in [6, 6.07) is 13.2. The first-order chi connectivity index (χ1) is 12.6. The number of carboxylic acid groups (broad SMARTS) is 1. The summed E-state index contributed by atoms with van der Waals surface area (Å²) in [6.45, 7) is 0. The number of anilines is 1. The fourth-order valence-corrected chi connectivity index (χ4v) is 3.94. The predicted octanol–water partition coefficient (Wildman–Crippen LogP) is 3.18. The number of hydrogen-bond acceptors (Lipinski definition) is 4. The fourth-order valence-electron chi connectivity index (χ4n) is 3.94. The lowest BCUT2D eigenvalue weighted by atomic mass is 9.82. The summed E-state index contributed by atoms with van der Waals surface area (Å²) in [6.07, 6.45) is 2.45. The zero-order valence-electron chi connectivity index (χ0n) is 13.6. The second-order valence-corrected chi connectivity index (χ2v) is 6.64. The summed E-state index contributed by atoms with van der Waals surface area (Å²) in [5.74, 6) is -2.98. The topological polar surface area (TPSA) is 88.8 Å². The Morgan fingerprint density at radius 3 is 2.46 bits per heavy atom. The molecule has 1 saturated heterocycles. The average molecular weight is 349 g/mol. The van der Waals surface area contributed by atoms with Crippen LogP contribution in [-0.4, -0.2) is 29.2 Å². The molecule has 6 nitrogen and oxygen atoms in total. The van der Waals surface area contributed by atoms with Crippen LogP contribution in [0.4, 0.5) is 5.69 Å². The molecule has 2 aliphatic heterocycles. The third-order valence-electron chi connectivity index (χ3n) is 5.13. The van der Waals surface area contributed by atoms with E-state index in [2.05, 4.69) is 5.32 Å². The maximum atomic E-state index is 12.7. The molecular weight excluding hydrogens is 334 g/mol. The van der Waals surface area contributed by atoms with Crippen molar-refractivity contribution >= 4 is 39.5 Å². The lowest BCUT2D eigenvalue weighted by Crippen LogP contribution is -2.39. The number of benzene rings is 2. The Labute approximate surface area is 148 Å². The highest BCUT2D eigenvalue weighted by molar-refractivity contribution is 6.06. The SMILES string of the molecule is O=C(O)[C@@H]1[C@@H](C(=O)Nc2ccc3c(c2)oc2ccccc23)[C@H]2C=C[C@@H]1O2. The fraction of sp³-hybridized carbons (Fsp3) is 0.200. The smallest absolute Gasteiger partial charge is 0.310 e. The lowest BCUT2D eigenvalue weighted by molar-refractivity contribution is -0.145. The van der Waals surface area contributed by atoms with E-state index < -0.39 is 30.0 Å². The minimum atomic E-state index is -1.02. The summed E-state index contributed by atoms with van der Waals surface area (Å²) < 4.78 is 11.4. The van der Waals surface area contributed by atoms with Crippen LogP contribution in [0, 0.1) is 11.8 Å². The zero-order chi connectivity index (χ0) is 17.8. The number of ether oxygens (including phenoxy) is 1. The van der Waals surface area contributed by atoms with Crippen LogP contribution in [0.2, 0.25) is 0 Å². The van der Waals surface area contributed by atoms with E-state index in [-0.39, 0.29) is 5.91 Å². The van der Waals surface area contributed by atoms with Gasteiger partial charge in [0.1, 0.15) is 17.1 Å². The molecule has 1 fully saturated rings. The molecule has 1 aromatic heterocycles. The molecule has 5 rings (SSSR count). The molecule has 3 aromatic rings. The Morgan fingerprint density at radius 1 is 0.923 bits per heavy atom. The van der Waals surface area contributed by atoms with Crippen molar-refractivity contribution in [3.63, 3.8) is 0 Å². The minimum absolute atomic E-state index is 0.357. The number of carboxylic acids is 1. The van der Waals surface area contributed by atoms with Gasteiger partial charge in [-0.05, 0) is 18.2 Å². The molecule has 26 heavy (non-hydrogen) atoms. The van der Waals surface area contributed by atoms with Gasteiger partial charge in [-0.2, -0.15) is 0 Å². The zero-order valence-corrected chi connectivity index (χ0v) is 13.6. The van der Waals surface area contributed by atoms with Crippen LogP contribution >= 0.6 is 0 Å². The summed E-state index contributed by atoms with van der Waals surface area (Å²) >= 11 is 0. The summed E-state index contributed by atoms with van der Waals surface area (Å²) in [5.41, 5.74) is 2.02. The number of nitrogens with one attached hydrogen (secondary N) is 1. The Kier molecular flexibility index (Phi) is 3.17. The van der Waals surface area contributed by atoms with Gasteiger partial charge in [0.15, 0.2) is 0 Å². The first kappa shape index (κ1) is 15.2. The van der Waals surface area contributed by atoms with Crippen molar-refractivity contribution < 1.29 is 23.8 Å². The normalized spacial score (nSPS) is 26.6. The molecule has 0 saturated carbocycles. The van der Waals surface area contributed by atoms with E-state index >= 15 is 0 Å². The number of fused-ring (bicyclic) bond motifs is 5. The molecule has 2 aliphatic rings. The Balaban J connectivity index is 1.45. The lowest BCUT2D eigenvalue weighted by Gasteiger charge is -2.20. The van der Waals surface area contributed by atoms with Crippen LogP contribution in [0.1, 0.15) is 0 Å². The van der Waals surface area contributed by atoms with E-state index in [1.165, 1.54) is 0 Å². The quantitative estimate of drug-likeness (QED) is 0.709. The van der Waals surface area contributed by atoms with Crippen LogP contribution in [0.3, 0.4) is 0 Å². The molecule has 2 bridgehead atoms. The number of rotatable bonds is 3. The Bertz CT molecular complexity index is 1080. The van der Waals surface area contributed by atoms with E-state index in [0.29, 0.717) is 11.3 Å². The van der Waals surface area contributed by atoms with Gasteiger partial charge < -0.3 is 19.6 Å². The molecule has 4 atom stereocenters. The molecule has 0 aliphatic carbocycles. The van der Waals surface area contributed by atoms with E-state index in [1.54, 1.807) is 24.3 Å². The molecule has 2 aromatic carbocycles. The highest BCUT2D eigenvalue weighted by Gasteiger charge is 2.53. The summed E-state index contributed by atoms with van der Waals surface area (Å²) in [4.78, 5) is 24.2. The summed E-state index contributed by atoms with van der Waals surface area (Å²) in [7, 11) is 0. The van der Waals surface area contributed by atoms with E-state index in [1.807, 2.05) is 30.3 Å². The third kappa shape index (κ3) is 2.16. The number of carbonyl (C=O) groups excluding carboxylic acids is 1. The maximum absolute atomic E-state index is 12.7. The third-order valence-corrected chi connectivity index (χ3v) is 5.13. The van der Waals surface area contributed by atoms with Gasteiger partial charge >= 0.3 is 5.97 Å². The molecule has 3 heterocycles. The van der Waals surface area contributed by atoms with Gasteiger partial charge in [-0.3, -0.25) is 9.59 Å². The number of para-hydroxylation sites is 1. The number of aliphatic carboxylic acids is 1. The molecule has 6 heteroatoms. The van der Waals surface area contributed by atoms with Gasteiger partial charge in [0.2, 0.25) is 5.91 Å². The molecule has 2 N–H and O–H groups in total. The standard InChI is InChI=1S/C20H15NO5/c22-19(17-14-7-8-15(26-14)18(17)20(23)24)21-10-5-6-12-11-3-1-2-4-13(11)25-16(12)9-10/h1-9,14-15,17-18H,(H,21,22)(H,23,24)/t14-,15+,17+,18+/m1/s1.